The summed E-state index contributed by atoms with van der Waals surface area (Å²) in [5.41, 5.74) is 4.01. The van der Waals surface area contributed by atoms with Crippen LogP contribution in [0.25, 0.3) is 0 Å². The first-order chi connectivity index (χ1) is 7.20. The van der Waals surface area contributed by atoms with Crippen LogP contribution in [-0.4, -0.2) is 17.1 Å². The summed E-state index contributed by atoms with van der Waals surface area (Å²) >= 11 is 0. The summed E-state index contributed by atoms with van der Waals surface area (Å²) in [7, 11) is 0. The zero-order chi connectivity index (χ0) is 12.4. The molecule has 2 N–H and O–H groups in total. The second kappa shape index (κ2) is 5.55. The van der Waals surface area contributed by atoms with E-state index in [9.17, 15) is 13.2 Å². The van der Waals surface area contributed by atoms with Gasteiger partial charge in [0.25, 0.3) is 0 Å². The topological polar surface area (TPSA) is 48.1 Å². The average Bonchev–Trinajstić information content (AvgIpc) is 2.12. The summed E-state index contributed by atoms with van der Waals surface area (Å²) in [5.74, 6) is -0.437. The number of pyridine rings is 1. The molecule has 0 aliphatic carbocycles. The summed E-state index contributed by atoms with van der Waals surface area (Å²) in [6.45, 7) is 3.28. The first kappa shape index (κ1) is 16.0. The smallest absolute Gasteiger partial charge is 0.421 e. The highest BCUT2D eigenvalue weighted by molar-refractivity contribution is 5.85. The molecule has 0 amide bonds. The first-order valence-corrected chi connectivity index (χ1v) is 4.64. The second-order valence-corrected chi connectivity index (χ2v) is 4.13. The molecule has 0 saturated heterocycles. The van der Waals surface area contributed by atoms with Gasteiger partial charge in [-0.1, -0.05) is 0 Å². The normalized spacial score (nSPS) is 11.9. The molecule has 0 bridgehead atoms. The van der Waals surface area contributed by atoms with Crippen LogP contribution in [0.5, 0.6) is 5.88 Å². The van der Waals surface area contributed by atoms with E-state index in [0.717, 1.165) is 6.07 Å². The van der Waals surface area contributed by atoms with E-state index in [2.05, 4.69) is 4.98 Å². The van der Waals surface area contributed by atoms with Gasteiger partial charge in [-0.2, -0.15) is 13.2 Å². The summed E-state index contributed by atoms with van der Waals surface area (Å²) in [5, 5.41) is 0. The molecule has 7 heteroatoms. The third kappa shape index (κ3) is 5.23. The molecule has 0 unspecified atom stereocenters. The van der Waals surface area contributed by atoms with Crippen LogP contribution < -0.4 is 10.5 Å². The fraction of sp³-hybridized carbons (Fsp3) is 0.500. The summed E-state index contributed by atoms with van der Waals surface area (Å²) < 4.78 is 42.5. The van der Waals surface area contributed by atoms with Crippen molar-refractivity contribution in [2.24, 2.45) is 5.73 Å². The molecule has 1 heterocycles. The quantitative estimate of drug-likeness (QED) is 0.918. The minimum Gasteiger partial charge on any atom is -0.475 e. The predicted octanol–water partition coefficient (Wildman–Crippen LogP) is 2.64. The molecular formula is C10H14ClF3N2O. The van der Waals surface area contributed by atoms with Gasteiger partial charge in [-0.3, -0.25) is 0 Å². The summed E-state index contributed by atoms with van der Waals surface area (Å²) in [6.07, 6.45) is -3.23. The molecule has 0 aliphatic rings. The highest BCUT2D eigenvalue weighted by atomic mass is 35.5. The zero-order valence-corrected chi connectivity index (χ0v) is 10.2. The predicted molar refractivity (Wildman–Crippen MR) is 60.2 cm³/mol. The highest BCUT2D eigenvalue weighted by Crippen LogP contribution is 2.34. The standard InChI is InChI=1S/C10H13F3N2O.ClH/c1-9(2,14)6-16-8-7(10(11,12)13)4-3-5-15-8;/h3-5H,6,14H2,1-2H3;1H. The van der Waals surface area contributed by atoms with Crippen molar-refractivity contribution in [1.29, 1.82) is 0 Å². The van der Waals surface area contributed by atoms with E-state index in [4.69, 9.17) is 10.5 Å². The third-order valence-corrected chi connectivity index (χ3v) is 1.66. The van der Waals surface area contributed by atoms with Gasteiger partial charge in [0.05, 0.1) is 0 Å². The molecule has 1 aromatic heterocycles. The molecule has 17 heavy (non-hydrogen) atoms. The lowest BCUT2D eigenvalue weighted by Gasteiger charge is -2.20. The zero-order valence-electron chi connectivity index (χ0n) is 9.41. The molecule has 0 fully saturated rings. The van der Waals surface area contributed by atoms with Gasteiger partial charge in [0.2, 0.25) is 5.88 Å². The van der Waals surface area contributed by atoms with Crippen LogP contribution in [-0.2, 0) is 6.18 Å². The van der Waals surface area contributed by atoms with Crippen molar-refractivity contribution >= 4 is 12.4 Å². The van der Waals surface area contributed by atoms with E-state index in [1.165, 1.54) is 12.3 Å². The van der Waals surface area contributed by atoms with E-state index in [0.29, 0.717) is 0 Å². The first-order valence-electron chi connectivity index (χ1n) is 4.64. The minimum absolute atomic E-state index is 0. The Balaban J connectivity index is 0.00000256. The van der Waals surface area contributed by atoms with Crippen LogP contribution in [0.4, 0.5) is 13.2 Å². The number of halogens is 4. The van der Waals surface area contributed by atoms with Crippen LogP contribution in [0.1, 0.15) is 19.4 Å². The van der Waals surface area contributed by atoms with Crippen LogP contribution in [0.2, 0.25) is 0 Å². The maximum absolute atomic E-state index is 12.5. The Kier molecular flexibility index (Phi) is 5.22. The van der Waals surface area contributed by atoms with Gasteiger partial charge < -0.3 is 10.5 Å². The van der Waals surface area contributed by atoms with Crippen molar-refractivity contribution in [3.63, 3.8) is 0 Å². The molecule has 1 rings (SSSR count). The molecule has 0 saturated carbocycles. The number of alkyl halides is 3. The molecule has 0 aliphatic heterocycles. The third-order valence-electron chi connectivity index (χ3n) is 1.66. The lowest BCUT2D eigenvalue weighted by atomic mass is 10.1. The molecule has 1 aromatic rings. The fourth-order valence-corrected chi connectivity index (χ4v) is 0.976. The van der Waals surface area contributed by atoms with Gasteiger partial charge in [0, 0.05) is 11.7 Å². The molecule has 0 aromatic carbocycles. The van der Waals surface area contributed by atoms with Gasteiger partial charge in [0.15, 0.2) is 0 Å². The van der Waals surface area contributed by atoms with Gasteiger partial charge in [-0.25, -0.2) is 4.98 Å². The van der Waals surface area contributed by atoms with Crippen molar-refractivity contribution in [3.8, 4) is 5.88 Å². The lowest BCUT2D eigenvalue weighted by molar-refractivity contribution is -0.139. The Morgan fingerprint density at radius 1 is 1.35 bits per heavy atom. The maximum atomic E-state index is 12.5. The Hall–Kier alpha value is -1.01. The van der Waals surface area contributed by atoms with Crippen molar-refractivity contribution in [2.45, 2.75) is 25.6 Å². The van der Waals surface area contributed by atoms with Crippen LogP contribution >= 0.6 is 12.4 Å². The molecule has 0 spiro atoms. The van der Waals surface area contributed by atoms with Gasteiger partial charge in [0.1, 0.15) is 12.2 Å². The number of hydrogen-bond donors (Lipinski definition) is 1. The maximum Gasteiger partial charge on any atom is 0.421 e. The van der Waals surface area contributed by atoms with E-state index in [1.807, 2.05) is 0 Å². The number of hydrogen-bond acceptors (Lipinski definition) is 3. The lowest BCUT2D eigenvalue weighted by Crippen LogP contribution is -2.39. The number of aromatic nitrogens is 1. The number of nitrogens with zero attached hydrogens (tertiary/aromatic N) is 1. The van der Waals surface area contributed by atoms with E-state index in [1.54, 1.807) is 13.8 Å². The fourth-order valence-electron chi connectivity index (χ4n) is 0.976. The van der Waals surface area contributed by atoms with Crippen molar-refractivity contribution in [2.75, 3.05) is 6.61 Å². The Morgan fingerprint density at radius 2 is 1.94 bits per heavy atom. The van der Waals surface area contributed by atoms with Crippen LogP contribution in [0.3, 0.4) is 0 Å². The van der Waals surface area contributed by atoms with Gasteiger partial charge >= 0.3 is 6.18 Å². The Morgan fingerprint density at radius 3 is 2.41 bits per heavy atom. The molecule has 98 valence electrons. The second-order valence-electron chi connectivity index (χ2n) is 4.13. The Bertz CT molecular complexity index is 363. The van der Waals surface area contributed by atoms with Crippen molar-refractivity contribution in [3.05, 3.63) is 23.9 Å². The van der Waals surface area contributed by atoms with E-state index < -0.39 is 23.2 Å². The van der Waals surface area contributed by atoms with Gasteiger partial charge in [-0.05, 0) is 26.0 Å². The number of rotatable bonds is 3. The highest BCUT2D eigenvalue weighted by Gasteiger charge is 2.35. The SMILES string of the molecule is CC(C)(N)COc1ncccc1C(F)(F)F.Cl. The van der Waals surface area contributed by atoms with Crippen LogP contribution in [0, 0.1) is 0 Å². The van der Waals surface area contributed by atoms with Crippen molar-refractivity contribution in [1.82, 2.24) is 4.98 Å². The minimum atomic E-state index is -4.47. The molecule has 3 nitrogen and oxygen atoms in total. The van der Waals surface area contributed by atoms with E-state index in [-0.39, 0.29) is 19.0 Å². The number of ether oxygens (including phenoxy) is 1. The molecule has 0 atom stereocenters. The summed E-state index contributed by atoms with van der Waals surface area (Å²) in [4.78, 5) is 3.55. The summed E-state index contributed by atoms with van der Waals surface area (Å²) in [6, 6.07) is 2.13. The molecule has 0 radical (unpaired) electrons. The number of nitrogens with two attached hydrogens (primary N) is 1. The average molecular weight is 271 g/mol. The van der Waals surface area contributed by atoms with Crippen molar-refractivity contribution < 1.29 is 17.9 Å². The Labute approximate surface area is 104 Å². The largest absolute Gasteiger partial charge is 0.475 e. The monoisotopic (exact) mass is 270 g/mol. The van der Waals surface area contributed by atoms with E-state index >= 15 is 0 Å². The van der Waals surface area contributed by atoms with Gasteiger partial charge in [-0.15, -0.1) is 12.4 Å². The van der Waals surface area contributed by atoms with Crippen LogP contribution in [0.15, 0.2) is 18.3 Å². The molecular weight excluding hydrogens is 257 g/mol.